The minimum absolute atomic E-state index is 0.0986. The van der Waals surface area contributed by atoms with Crippen molar-refractivity contribution in [1.29, 1.82) is 0 Å². The van der Waals surface area contributed by atoms with Crippen molar-refractivity contribution in [2.45, 2.75) is 56.7 Å². The molecule has 5 rings (SSSR count). The third kappa shape index (κ3) is 4.19. The molecule has 0 saturated heterocycles. The summed E-state index contributed by atoms with van der Waals surface area (Å²) in [4.78, 5) is 13.1. The van der Waals surface area contributed by atoms with Crippen LogP contribution in [0, 0.1) is 6.92 Å². The van der Waals surface area contributed by atoms with Crippen molar-refractivity contribution in [1.82, 2.24) is 19.8 Å². The first-order valence-electron chi connectivity index (χ1n) is 12.4. The molecular formula is C29H36N4O. The predicted molar refractivity (Wildman–Crippen MR) is 138 cm³/mol. The van der Waals surface area contributed by atoms with Crippen LogP contribution in [0.3, 0.4) is 0 Å². The zero-order valence-corrected chi connectivity index (χ0v) is 20.8. The number of nitrogens with zero attached hydrogens (tertiary/aromatic N) is 3. The number of hydrogen-bond acceptors (Lipinski definition) is 4. The maximum absolute atomic E-state index is 6.10. The maximum atomic E-state index is 6.10. The number of aryl methyl sites for hydroxylation is 1. The van der Waals surface area contributed by atoms with Gasteiger partial charge in [-0.25, -0.2) is 4.98 Å². The number of nitrogens with one attached hydrogen (secondary N) is 1. The van der Waals surface area contributed by atoms with Gasteiger partial charge in [0.2, 0.25) is 5.89 Å². The van der Waals surface area contributed by atoms with Crippen molar-refractivity contribution in [3.63, 3.8) is 0 Å². The van der Waals surface area contributed by atoms with Gasteiger partial charge in [-0.2, -0.15) is 0 Å². The highest BCUT2D eigenvalue weighted by Gasteiger charge is 2.41. The average molecular weight is 457 g/mol. The summed E-state index contributed by atoms with van der Waals surface area (Å²) in [7, 11) is 6.72. The van der Waals surface area contributed by atoms with Crippen LogP contribution in [0.5, 0.6) is 0 Å². The highest BCUT2D eigenvalue weighted by atomic mass is 16.4. The van der Waals surface area contributed by atoms with Gasteiger partial charge in [-0.05, 0) is 77.4 Å². The maximum Gasteiger partial charge on any atom is 0.212 e. The first-order valence-corrected chi connectivity index (χ1v) is 12.4. The third-order valence-corrected chi connectivity index (χ3v) is 8.03. The van der Waals surface area contributed by atoms with Crippen molar-refractivity contribution in [2.75, 3.05) is 21.1 Å². The highest BCUT2D eigenvalue weighted by Crippen LogP contribution is 2.43. The number of aromatic nitrogens is 2. The summed E-state index contributed by atoms with van der Waals surface area (Å²) >= 11 is 0. The normalized spacial score (nSPS) is 22.0. The number of para-hydroxylation sites is 1. The molecule has 0 bridgehead atoms. The summed E-state index contributed by atoms with van der Waals surface area (Å²) in [5, 5.41) is 1.28. The molecular weight excluding hydrogens is 420 g/mol. The summed E-state index contributed by atoms with van der Waals surface area (Å²) in [6.45, 7) is 1.98. The molecule has 1 N–H and O–H groups in total. The van der Waals surface area contributed by atoms with E-state index < -0.39 is 0 Å². The Morgan fingerprint density at radius 3 is 2.41 bits per heavy atom. The third-order valence-electron chi connectivity index (χ3n) is 8.03. The van der Waals surface area contributed by atoms with E-state index in [2.05, 4.69) is 102 Å². The molecule has 1 aliphatic carbocycles. The zero-order valence-electron chi connectivity index (χ0n) is 20.8. The Hall–Kier alpha value is -2.89. The number of benzene rings is 2. The lowest BCUT2D eigenvalue weighted by Gasteiger charge is -2.48. The molecule has 1 saturated carbocycles. The number of fused-ring (bicyclic) bond motifs is 1. The standard InChI is InChI=1S/C29H36N4O/c1-21-19-31-28(34-21)27(18-22-20-30-26-13-9-8-12-25(22)26)33(4)24-14-16-29(17-15-24,32(2)3)23-10-6-5-7-11-23/h5-13,19-20,24,27,30H,14-18H2,1-4H3. The number of likely N-dealkylation sites (N-methyl/N-ethyl adjacent to an activating group) is 1. The van der Waals surface area contributed by atoms with Gasteiger partial charge in [0, 0.05) is 28.7 Å². The van der Waals surface area contributed by atoms with E-state index in [-0.39, 0.29) is 11.6 Å². The fraction of sp³-hybridized carbons (Fsp3) is 0.414. The molecule has 1 fully saturated rings. The van der Waals surface area contributed by atoms with E-state index in [0.29, 0.717) is 6.04 Å². The largest absolute Gasteiger partial charge is 0.444 e. The van der Waals surface area contributed by atoms with Crippen molar-refractivity contribution in [3.05, 3.63) is 89.8 Å². The number of H-pyrrole nitrogens is 1. The highest BCUT2D eigenvalue weighted by molar-refractivity contribution is 5.83. The predicted octanol–water partition coefficient (Wildman–Crippen LogP) is 6.08. The van der Waals surface area contributed by atoms with Crippen LogP contribution >= 0.6 is 0 Å². The molecule has 0 aliphatic heterocycles. The smallest absolute Gasteiger partial charge is 0.212 e. The monoisotopic (exact) mass is 456 g/mol. The van der Waals surface area contributed by atoms with Crippen molar-refractivity contribution >= 4 is 10.9 Å². The molecule has 0 radical (unpaired) electrons. The summed E-state index contributed by atoms with van der Waals surface area (Å²) in [5.74, 6) is 1.68. The van der Waals surface area contributed by atoms with E-state index in [0.717, 1.165) is 43.8 Å². The number of aromatic amines is 1. The van der Waals surface area contributed by atoms with Crippen LogP contribution in [0.4, 0.5) is 0 Å². The second-order valence-electron chi connectivity index (χ2n) is 10.1. The van der Waals surface area contributed by atoms with Crippen molar-refractivity contribution in [3.8, 4) is 0 Å². The van der Waals surface area contributed by atoms with Crippen LogP contribution in [0.15, 0.2) is 71.4 Å². The molecule has 4 aromatic rings. The molecule has 1 atom stereocenters. The lowest BCUT2D eigenvalue weighted by Crippen LogP contribution is -2.48. The van der Waals surface area contributed by atoms with Crippen LogP contribution in [0.25, 0.3) is 10.9 Å². The quantitative estimate of drug-likeness (QED) is 0.366. The van der Waals surface area contributed by atoms with Gasteiger partial charge >= 0.3 is 0 Å². The molecule has 2 aromatic heterocycles. The fourth-order valence-electron chi connectivity index (χ4n) is 5.92. The molecule has 178 valence electrons. The molecule has 34 heavy (non-hydrogen) atoms. The first-order chi connectivity index (χ1) is 16.5. The Kier molecular flexibility index (Phi) is 6.32. The van der Waals surface area contributed by atoms with E-state index in [4.69, 9.17) is 4.42 Å². The van der Waals surface area contributed by atoms with Gasteiger partial charge < -0.3 is 9.40 Å². The fourth-order valence-corrected chi connectivity index (χ4v) is 5.92. The van der Waals surface area contributed by atoms with E-state index in [1.165, 1.54) is 22.0 Å². The van der Waals surface area contributed by atoms with Gasteiger partial charge in [0.15, 0.2) is 0 Å². The number of hydrogen-bond donors (Lipinski definition) is 1. The summed E-state index contributed by atoms with van der Waals surface area (Å²) < 4.78 is 6.10. The van der Waals surface area contributed by atoms with E-state index in [1.54, 1.807) is 0 Å². The molecule has 5 heteroatoms. The van der Waals surface area contributed by atoms with E-state index in [1.807, 2.05) is 13.1 Å². The van der Waals surface area contributed by atoms with Crippen LogP contribution in [-0.2, 0) is 12.0 Å². The van der Waals surface area contributed by atoms with E-state index in [9.17, 15) is 0 Å². The number of rotatable bonds is 7. The minimum atomic E-state index is 0.0986. The Balaban J connectivity index is 1.39. The number of oxazole rings is 1. The molecule has 0 amide bonds. The van der Waals surface area contributed by atoms with Gasteiger partial charge in [-0.15, -0.1) is 0 Å². The summed E-state index contributed by atoms with van der Waals surface area (Å²) in [6, 6.07) is 20.1. The second-order valence-corrected chi connectivity index (χ2v) is 10.1. The van der Waals surface area contributed by atoms with Gasteiger partial charge in [-0.3, -0.25) is 9.80 Å². The minimum Gasteiger partial charge on any atom is -0.444 e. The molecule has 1 unspecified atom stereocenters. The Morgan fingerprint density at radius 1 is 1.03 bits per heavy atom. The summed E-state index contributed by atoms with van der Waals surface area (Å²) in [6.07, 6.45) is 9.44. The molecule has 1 aliphatic rings. The van der Waals surface area contributed by atoms with Crippen molar-refractivity contribution < 1.29 is 4.42 Å². The second kappa shape index (κ2) is 9.40. The van der Waals surface area contributed by atoms with Crippen molar-refractivity contribution in [2.24, 2.45) is 0 Å². The van der Waals surface area contributed by atoms with Crippen LogP contribution in [-0.4, -0.2) is 47.0 Å². The van der Waals surface area contributed by atoms with Gasteiger partial charge in [0.05, 0.1) is 12.2 Å². The van der Waals surface area contributed by atoms with Gasteiger partial charge in [0.1, 0.15) is 5.76 Å². The van der Waals surface area contributed by atoms with Crippen LogP contribution in [0.1, 0.15) is 54.5 Å². The lowest BCUT2D eigenvalue weighted by atomic mass is 9.73. The van der Waals surface area contributed by atoms with Crippen LogP contribution < -0.4 is 0 Å². The molecule has 5 nitrogen and oxygen atoms in total. The first kappa shape index (κ1) is 22.9. The van der Waals surface area contributed by atoms with E-state index >= 15 is 0 Å². The van der Waals surface area contributed by atoms with Crippen LogP contribution in [0.2, 0.25) is 0 Å². The average Bonchev–Trinajstić information content (AvgIpc) is 3.48. The SMILES string of the molecule is Cc1cnc(C(Cc2c[nH]c3ccccc23)N(C)C2CCC(c3ccccc3)(N(C)C)CC2)o1. The Labute approximate surface area is 202 Å². The molecule has 2 heterocycles. The molecule has 0 spiro atoms. The van der Waals surface area contributed by atoms with Gasteiger partial charge in [0.25, 0.3) is 0 Å². The van der Waals surface area contributed by atoms with Gasteiger partial charge in [-0.1, -0.05) is 48.5 Å². The Morgan fingerprint density at radius 2 is 1.74 bits per heavy atom. The molecule has 2 aromatic carbocycles. The lowest BCUT2D eigenvalue weighted by molar-refractivity contribution is 0.0384. The topological polar surface area (TPSA) is 48.3 Å². The Bertz CT molecular complexity index is 1220. The summed E-state index contributed by atoms with van der Waals surface area (Å²) in [5.41, 5.74) is 4.02. The zero-order chi connectivity index (χ0) is 23.7.